The van der Waals surface area contributed by atoms with Crippen LogP contribution in [0.25, 0.3) is 0 Å². The number of hydrogen-bond acceptors (Lipinski definition) is 4. The molecule has 2 aliphatic heterocycles. The normalized spacial score (nSPS) is 27.2. The highest BCUT2D eigenvalue weighted by atomic mass is 32.1. The first-order valence-electron chi connectivity index (χ1n) is 7.98. The Labute approximate surface area is 130 Å². The molecule has 21 heavy (non-hydrogen) atoms. The molecule has 2 aliphatic rings. The number of aliphatic hydroxyl groups is 1. The molecule has 0 aromatic carbocycles. The van der Waals surface area contributed by atoms with Gasteiger partial charge in [-0.2, -0.15) is 0 Å². The van der Waals surface area contributed by atoms with E-state index in [1.165, 1.54) is 6.42 Å². The van der Waals surface area contributed by atoms with Crippen LogP contribution >= 0.6 is 11.3 Å². The number of thiophene rings is 1. The van der Waals surface area contributed by atoms with E-state index < -0.39 is 6.10 Å². The Balaban J connectivity index is 1.55. The Kier molecular flexibility index (Phi) is 4.93. The molecule has 0 radical (unpaired) electrons. The van der Waals surface area contributed by atoms with E-state index in [-0.39, 0.29) is 11.9 Å². The number of hydrogen-bond donors (Lipinski definition) is 2. The number of amides is 1. The van der Waals surface area contributed by atoms with Gasteiger partial charge in [-0.05, 0) is 50.1 Å². The lowest BCUT2D eigenvalue weighted by Gasteiger charge is -2.27. The Morgan fingerprint density at radius 3 is 3.10 bits per heavy atom. The number of rotatable bonds is 5. The van der Waals surface area contributed by atoms with E-state index in [4.69, 9.17) is 0 Å². The fraction of sp³-hybridized carbons (Fsp3) is 0.688. The zero-order chi connectivity index (χ0) is 14.7. The van der Waals surface area contributed by atoms with Gasteiger partial charge in [0.15, 0.2) is 0 Å². The number of aliphatic hydroxyl groups excluding tert-OH is 1. The molecule has 3 heterocycles. The van der Waals surface area contributed by atoms with Gasteiger partial charge < -0.3 is 15.3 Å². The highest BCUT2D eigenvalue weighted by molar-refractivity contribution is 7.10. The molecule has 3 rings (SSSR count). The quantitative estimate of drug-likeness (QED) is 0.877. The third-order valence-corrected chi connectivity index (χ3v) is 5.62. The minimum atomic E-state index is -0.437. The summed E-state index contributed by atoms with van der Waals surface area (Å²) in [6.45, 7) is 1.89. The number of carbonyl (C=O) groups excluding carboxylic acids is 1. The van der Waals surface area contributed by atoms with E-state index in [1.54, 1.807) is 11.3 Å². The summed E-state index contributed by atoms with van der Waals surface area (Å²) < 4.78 is 0. The minimum absolute atomic E-state index is 0.205. The van der Waals surface area contributed by atoms with Crippen LogP contribution in [0, 0.1) is 0 Å². The van der Waals surface area contributed by atoms with Crippen molar-refractivity contribution >= 4 is 17.2 Å². The number of likely N-dealkylation sites (tertiary alicyclic amines) is 1. The summed E-state index contributed by atoms with van der Waals surface area (Å²) in [5.74, 6) is 0.260. The van der Waals surface area contributed by atoms with Gasteiger partial charge in [0.05, 0.1) is 6.10 Å². The van der Waals surface area contributed by atoms with E-state index in [2.05, 4.69) is 5.32 Å². The van der Waals surface area contributed by atoms with Gasteiger partial charge in [0.2, 0.25) is 5.91 Å². The predicted octanol–water partition coefficient (Wildman–Crippen LogP) is 2.30. The number of nitrogens with zero attached hydrogens (tertiary/aromatic N) is 1. The first-order chi connectivity index (χ1) is 10.2. The summed E-state index contributed by atoms with van der Waals surface area (Å²) in [6.07, 6.45) is 5.22. The standard InChI is InChI=1S/C16H24N2O2S/c19-14(15-6-3-9-21-15)11-13-5-2-8-18(13)16(20)10-12-4-1-7-17-12/h3,6,9,12-14,17,19H,1-2,4-5,7-8,10-11H2. The van der Waals surface area contributed by atoms with Crippen molar-refractivity contribution in [1.82, 2.24) is 10.2 Å². The van der Waals surface area contributed by atoms with Crippen molar-refractivity contribution in [1.29, 1.82) is 0 Å². The molecule has 0 saturated carbocycles. The molecule has 4 nitrogen and oxygen atoms in total. The van der Waals surface area contributed by atoms with E-state index in [0.29, 0.717) is 18.9 Å². The fourth-order valence-electron chi connectivity index (χ4n) is 3.52. The van der Waals surface area contributed by atoms with Crippen molar-refractivity contribution in [2.24, 2.45) is 0 Å². The van der Waals surface area contributed by atoms with Crippen LogP contribution in [0.15, 0.2) is 17.5 Å². The topological polar surface area (TPSA) is 52.6 Å². The smallest absolute Gasteiger partial charge is 0.224 e. The van der Waals surface area contributed by atoms with Crippen LogP contribution in [-0.4, -0.2) is 41.1 Å². The zero-order valence-electron chi connectivity index (χ0n) is 12.3. The summed E-state index contributed by atoms with van der Waals surface area (Å²) in [4.78, 5) is 15.5. The third kappa shape index (κ3) is 3.65. The Morgan fingerprint density at radius 1 is 1.48 bits per heavy atom. The van der Waals surface area contributed by atoms with Gasteiger partial charge >= 0.3 is 0 Å². The van der Waals surface area contributed by atoms with Crippen LogP contribution < -0.4 is 5.32 Å². The van der Waals surface area contributed by atoms with Crippen LogP contribution in [0.4, 0.5) is 0 Å². The summed E-state index contributed by atoms with van der Waals surface area (Å²) in [7, 11) is 0. The molecular formula is C16H24N2O2S. The average Bonchev–Trinajstić information content (AvgIpc) is 3.21. The van der Waals surface area contributed by atoms with Crippen molar-refractivity contribution in [2.45, 2.75) is 56.7 Å². The Morgan fingerprint density at radius 2 is 2.38 bits per heavy atom. The molecule has 3 atom stereocenters. The molecule has 1 aromatic rings. The molecule has 3 unspecified atom stereocenters. The van der Waals surface area contributed by atoms with Crippen molar-refractivity contribution in [3.05, 3.63) is 22.4 Å². The lowest BCUT2D eigenvalue weighted by atomic mass is 10.0. The van der Waals surface area contributed by atoms with Gasteiger partial charge in [0.1, 0.15) is 0 Å². The Hall–Kier alpha value is -0.910. The van der Waals surface area contributed by atoms with E-state index in [9.17, 15) is 9.90 Å². The molecule has 116 valence electrons. The lowest BCUT2D eigenvalue weighted by Crippen LogP contribution is -2.39. The maximum Gasteiger partial charge on any atom is 0.224 e. The van der Waals surface area contributed by atoms with Crippen LogP contribution in [-0.2, 0) is 4.79 Å². The fourth-order valence-corrected chi connectivity index (χ4v) is 4.25. The second kappa shape index (κ2) is 6.90. The van der Waals surface area contributed by atoms with Crippen molar-refractivity contribution in [3.63, 3.8) is 0 Å². The van der Waals surface area contributed by atoms with E-state index >= 15 is 0 Å². The first kappa shape index (κ1) is 15.0. The predicted molar refractivity (Wildman–Crippen MR) is 84.3 cm³/mol. The first-order valence-corrected chi connectivity index (χ1v) is 8.86. The highest BCUT2D eigenvalue weighted by Gasteiger charge is 2.32. The molecule has 2 fully saturated rings. The van der Waals surface area contributed by atoms with Gasteiger partial charge in [-0.3, -0.25) is 4.79 Å². The van der Waals surface area contributed by atoms with Gasteiger partial charge in [-0.15, -0.1) is 11.3 Å². The van der Waals surface area contributed by atoms with Crippen LogP contribution in [0.2, 0.25) is 0 Å². The van der Waals surface area contributed by atoms with Crippen LogP contribution in [0.3, 0.4) is 0 Å². The lowest BCUT2D eigenvalue weighted by molar-refractivity contribution is -0.132. The van der Waals surface area contributed by atoms with E-state index in [1.807, 2.05) is 22.4 Å². The minimum Gasteiger partial charge on any atom is -0.387 e. The van der Waals surface area contributed by atoms with Gasteiger partial charge in [0, 0.05) is 29.9 Å². The van der Waals surface area contributed by atoms with Crippen molar-refractivity contribution in [2.75, 3.05) is 13.1 Å². The zero-order valence-corrected chi connectivity index (χ0v) is 13.1. The molecule has 2 N–H and O–H groups in total. The molecule has 0 spiro atoms. The average molecular weight is 308 g/mol. The van der Waals surface area contributed by atoms with Crippen molar-refractivity contribution < 1.29 is 9.90 Å². The molecule has 5 heteroatoms. The molecule has 0 bridgehead atoms. The number of nitrogens with one attached hydrogen (secondary N) is 1. The second-order valence-corrected chi connectivity index (χ2v) is 7.13. The molecule has 0 aliphatic carbocycles. The molecule has 2 saturated heterocycles. The van der Waals surface area contributed by atoms with Gasteiger partial charge in [0.25, 0.3) is 0 Å². The summed E-state index contributed by atoms with van der Waals surface area (Å²) in [5, 5.41) is 15.7. The van der Waals surface area contributed by atoms with Crippen LogP contribution in [0.5, 0.6) is 0 Å². The third-order valence-electron chi connectivity index (χ3n) is 4.65. The van der Waals surface area contributed by atoms with E-state index in [0.717, 1.165) is 37.2 Å². The van der Waals surface area contributed by atoms with Gasteiger partial charge in [-0.1, -0.05) is 6.07 Å². The van der Waals surface area contributed by atoms with Crippen LogP contribution in [0.1, 0.15) is 49.5 Å². The summed E-state index contributed by atoms with van der Waals surface area (Å²) in [6, 6.07) is 4.50. The van der Waals surface area contributed by atoms with Gasteiger partial charge in [-0.25, -0.2) is 0 Å². The largest absolute Gasteiger partial charge is 0.387 e. The Bertz CT molecular complexity index is 457. The number of carbonyl (C=O) groups is 1. The summed E-state index contributed by atoms with van der Waals surface area (Å²) >= 11 is 1.59. The molecule has 1 amide bonds. The maximum atomic E-state index is 12.5. The monoisotopic (exact) mass is 308 g/mol. The molecular weight excluding hydrogens is 284 g/mol. The maximum absolute atomic E-state index is 12.5. The summed E-state index contributed by atoms with van der Waals surface area (Å²) in [5.41, 5.74) is 0. The SMILES string of the molecule is O=C(CC1CCCN1)N1CCCC1CC(O)c1cccs1. The van der Waals surface area contributed by atoms with Crippen molar-refractivity contribution in [3.8, 4) is 0 Å². The molecule has 1 aromatic heterocycles. The highest BCUT2D eigenvalue weighted by Crippen LogP contribution is 2.30. The second-order valence-electron chi connectivity index (χ2n) is 6.15.